The number of halogens is 2. The largest absolute Gasteiger partial charge is 0.348 e. The number of rotatable bonds is 5. The molecule has 0 unspecified atom stereocenters. The van der Waals surface area contributed by atoms with Crippen LogP contribution in [-0.2, 0) is 22.9 Å². The molecule has 0 bridgehead atoms. The third-order valence-corrected chi connectivity index (χ3v) is 7.97. The molecule has 0 radical (unpaired) electrons. The van der Waals surface area contributed by atoms with E-state index in [1.165, 1.54) is 83.8 Å². The fourth-order valence-electron chi connectivity index (χ4n) is 4.19. The van der Waals surface area contributed by atoms with E-state index in [-0.39, 0.29) is 45.3 Å². The van der Waals surface area contributed by atoms with Gasteiger partial charge < -0.3 is 10.2 Å². The van der Waals surface area contributed by atoms with Crippen LogP contribution in [0.2, 0.25) is 0 Å². The minimum absolute atomic E-state index is 0.0288. The van der Waals surface area contributed by atoms with Gasteiger partial charge in [0.25, 0.3) is 11.8 Å². The van der Waals surface area contributed by atoms with Gasteiger partial charge in [-0.15, -0.1) is 0 Å². The van der Waals surface area contributed by atoms with Crippen LogP contribution >= 0.6 is 0 Å². The van der Waals surface area contributed by atoms with Crippen LogP contribution in [-0.4, -0.2) is 20.2 Å². The zero-order valence-corrected chi connectivity index (χ0v) is 20.1. The predicted octanol–water partition coefficient (Wildman–Crippen LogP) is 4.89. The lowest BCUT2D eigenvalue weighted by Crippen LogP contribution is -2.31. The molecule has 0 aliphatic carbocycles. The van der Waals surface area contributed by atoms with Crippen molar-refractivity contribution in [1.29, 1.82) is 0 Å². The van der Waals surface area contributed by atoms with Crippen LogP contribution in [0.3, 0.4) is 0 Å². The fraction of sp³-hybridized carbons (Fsp3) is 0.0714. The molecular weight excluding hydrogens is 498 g/mol. The van der Waals surface area contributed by atoms with E-state index < -0.39 is 33.3 Å². The van der Waals surface area contributed by atoms with Gasteiger partial charge >= 0.3 is 0 Å². The standard InChI is InChI=1S/C28H20F2N2O4S/c29-21-12-9-18(10-13-21)16-31-27(33)19-11-14-26-24(15-19)32(17-20-5-1-3-7-23(20)30)28(34)22-6-2-4-8-25(22)37(26,35)36/h1-15H,16-17H2,(H,31,33). The van der Waals surface area contributed by atoms with Gasteiger partial charge in [0.05, 0.1) is 27.6 Å². The van der Waals surface area contributed by atoms with Crippen molar-refractivity contribution in [2.45, 2.75) is 22.9 Å². The van der Waals surface area contributed by atoms with E-state index in [0.717, 1.165) is 0 Å². The van der Waals surface area contributed by atoms with Gasteiger partial charge in [-0.1, -0.05) is 42.5 Å². The minimum Gasteiger partial charge on any atom is -0.348 e. The first kappa shape index (κ1) is 24.3. The quantitative estimate of drug-likeness (QED) is 0.408. The highest BCUT2D eigenvalue weighted by molar-refractivity contribution is 7.91. The van der Waals surface area contributed by atoms with Crippen molar-refractivity contribution in [2.24, 2.45) is 0 Å². The highest BCUT2D eigenvalue weighted by Gasteiger charge is 2.36. The maximum atomic E-state index is 14.5. The average Bonchev–Trinajstić information content (AvgIpc) is 2.97. The van der Waals surface area contributed by atoms with E-state index in [2.05, 4.69) is 5.32 Å². The molecule has 5 rings (SSSR count). The Kier molecular flexibility index (Phi) is 6.31. The smallest absolute Gasteiger partial charge is 0.259 e. The molecule has 4 aromatic carbocycles. The number of nitrogens with zero attached hydrogens (tertiary/aromatic N) is 1. The first-order chi connectivity index (χ1) is 17.8. The van der Waals surface area contributed by atoms with Gasteiger partial charge in [0.2, 0.25) is 9.84 Å². The Morgan fingerprint density at radius 3 is 2.30 bits per heavy atom. The Labute approximate surface area is 212 Å². The fourth-order valence-corrected chi connectivity index (χ4v) is 5.82. The number of fused-ring (bicyclic) bond motifs is 2. The second kappa shape index (κ2) is 9.59. The number of carbonyl (C=O) groups is 2. The summed E-state index contributed by atoms with van der Waals surface area (Å²) in [5.41, 5.74) is 0.883. The second-order valence-electron chi connectivity index (χ2n) is 8.47. The predicted molar refractivity (Wildman–Crippen MR) is 133 cm³/mol. The molecule has 1 aliphatic heterocycles. The van der Waals surface area contributed by atoms with Gasteiger partial charge in [0, 0.05) is 17.7 Å². The number of carbonyl (C=O) groups excluding carboxylic acids is 2. The zero-order chi connectivity index (χ0) is 26.2. The monoisotopic (exact) mass is 518 g/mol. The maximum absolute atomic E-state index is 14.5. The maximum Gasteiger partial charge on any atom is 0.259 e. The number of anilines is 1. The highest BCUT2D eigenvalue weighted by Crippen LogP contribution is 2.38. The molecule has 1 N–H and O–H groups in total. The van der Waals surface area contributed by atoms with Crippen molar-refractivity contribution in [1.82, 2.24) is 5.32 Å². The Morgan fingerprint density at radius 1 is 0.838 bits per heavy atom. The third kappa shape index (κ3) is 4.61. The molecule has 4 aromatic rings. The van der Waals surface area contributed by atoms with E-state index in [1.807, 2.05) is 0 Å². The van der Waals surface area contributed by atoms with Gasteiger partial charge in [-0.25, -0.2) is 17.2 Å². The van der Waals surface area contributed by atoms with Crippen molar-refractivity contribution in [3.63, 3.8) is 0 Å². The summed E-state index contributed by atoms with van der Waals surface area (Å²) in [6.45, 7) is -0.138. The number of hydrogen-bond acceptors (Lipinski definition) is 4. The lowest BCUT2D eigenvalue weighted by molar-refractivity contribution is 0.0947. The van der Waals surface area contributed by atoms with Gasteiger partial charge in [0.1, 0.15) is 11.6 Å². The van der Waals surface area contributed by atoms with Crippen LogP contribution in [0.4, 0.5) is 14.5 Å². The molecule has 0 saturated heterocycles. The topological polar surface area (TPSA) is 83.6 Å². The van der Waals surface area contributed by atoms with E-state index in [0.29, 0.717) is 5.56 Å². The molecule has 0 saturated carbocycles. The molecule has 0 atom stereocenters. The second-order valence-corrected chi connectivity index (χ2v) is 10.4. The highest BCUT2D eigenvalue weighted by atomic mass is 32.2. The summed E-state index contributed by atoms with van der Waals surface area (Å²) < 4.78 is 54.8. The molecule has 0 aromatic heterocycles. The Bertz CT molecular complexity index is 1640. The first-order valence-corrected chi connectivity index (χ1v) is 12.8. The van der Waals surface area contributed by atoms with Crippen LogP contribution in [0, 0.1) is 11.6 Å². The van der Waals surface area contributed by atoms with Crippen molar-refractivity contribution >= 4 is 27.3 Å². The van der Waals surface area contributed by atoms with Crippen molar-refractivity contribution < 1.29 is 26.8 Å². The summed E-state index contributed by atoms with van der Waals surface area (Å²) >= 11 is 0. The number of sulfone groups is 1. The minimum atomic E-state index is -4.13. The molecule has 1 aliphatic rings. The summed E-state index contributed by atoms with van der Waals surface area (Å²) in [7, 11) is -4.13. The first-order valence-electron chi connectivity index (χ1n) is 11.3. The van der Waals surface area contributed by atoms with Crippen molar-refractivity contribution in [2.75, 3.05) is 4.90 Å². The van der Waals surface area contributed by atoms with E-state index in [9.17, 15) is 26.8 Å². The molecule has 1 heterocycles. The van der Waals surface area contributed by atoms with Crippen molar-refractivity contribution in [3.8, 4) is 0 Å². The molecule has 37 heavy (non-hydrogen) atoms. The van der Waals surface area contributed by atoms with Crippen LogP contribution in [0.25, 0.3) is 0 Å². The van der Waals surface area contributed by atoms with Gasteiger partial charge in [-0.2, -0.15) is 0 Å². The van der Waals surface area contributed by atoms with Crippen LogP contribution in [0.15, 0.2) is 101 Å². The Hall–Kier alpha value is -4.37. The zero-order valence-electron chi connectivity index (χ0n) is 19.3. The molecule has 0 fully saturated rings. The number of amides is 2. The van der Waals surface area contributed by atoms with Gasteiger partial charge in [-0.05, 0) is 54.1 Å². The third-order valence-electron chi connectivity index (χ3n) is 6.11. The summed E-state index contributed by atoms with van der Waals surface area (Å²) in [4.78, 5) is 27.4. The lowest BCUT2D eigenvalue weighted by Gasteiger charge is -2.23. The molecule has 186 valence electrons. The van der Waals surface area contributed by atoms with Crippen LogP contribution in [0.1, 0.15) is 31.8 Å². The Morgan fingerprint density at radius 2 is 1.54 bits per heavy atom. The average molecular weight is 519 g/mol. The molecule has 9 heteroatoms. The molecule has 2 amide bonds. The van der Waals surface area contributed by atoms with Crippen LogP contribution < -0.4 is 10.2 Å². The number of hydrogen-bond donors (Lipinski definition) is 1. The molecule has 6 nitrogen and oxygen atoms in total. The Balaban J connectivity index is 1.58. The van der Waals surface area contributed by atoms with Crippen LogP contribution in [0.5, 0.6) is 0 Å². The molecular formula is C28H20F2N2O4S. The van der Waals surface area contributed by atoms with E-state index in [1.54, 1.807) is 12.1 Å². The number of benzene rings is 4. The lowest BCUT2D eigenvalue weighted by atomic mass is 10.1. The van der Waals surface area contributed by atoms with E-state index >= 15 is 0 Å². The normalized spacial score (nSPS) is 13.9. The molecule has 0 spiro atoms. The van der Waals surface area contributed by atoms with Crippen molar-refractivity contribution in [3.05, 3.63) is 125 Å². The number of nitrogens with one attached hydrogen (secondary N) is 1. The summed E-state index contributed by atoms with van der Waals surface area (Å²) in [6.07, 6.45) is 0. The summed E-state index contributed by atoms with van der Waals surface area (Å²) in [5.74, 6) is -2.11. The SMILES string of the molecule is O=C(NCc1ccc(F)cc1)c1ccc2c(c1)N(Cc1ccccc1F)C(=O)c1ccccc1S2(=O)=O. The summed E-state index contributed by atoms with van der Waals surface area (Å²) in [5, 5.41) is 2.71. The van der Waals surface area contributed by atoms with E-state index in [4.69, 9.17) is 0 Å². The summed E-state index contributed by atoms with van der Waals surface area (Å²) in [6, 6.07) is 21.3. The van der Waals surface area contributed by atoms with Gasteiger partial charge in [0.15, 0.2) is 0 Å². The van der Waals surface area contributed by atoms with Gasteiger partial charge in [-0.3, -0.25) is 9.59 Å².